The molecule has 0 unspecified atom stereocenters. The van der Waals surface area contributed by atoms with Crippen molar-refractivity contribution < 1.29 is 9.21 Å². The maximum atomic E-state index is 12.2. The zero-order chi connectivity index (χ0) is 15.4. The van der Waals surface area contributed by atoms with E-state index in [1.807, 2.05) is 35.2 Å². The van der Waals surface area contributed by atoms with Crippen LogP contribution in [-0.2, 0) is 0 Å². The Balaban J connectivity index is 1.64. The number of nitrogens with zero attached hydrogens (tertiary/aromatic N) is 2. The van der Waals surface area contributed by atoms with Crippen molar-refractivity contribution in [2.45, 2.75) is 18.8 Å². The lowest BCUT2D eigenvalue weighted by Gasteiger charge is -2.33. The number of likely N-dealkylation sites (tertiary alicyclic amines) is 1. The summed E-state index contributed by atoms with van der Waals surface area (Å²) in [6.07, 6.45) is 3.21. The van der Waals surface area contributed by atoms with E-state index in [2.05, 4.69) is 6.07 Å². The van der Waals surface area contributed by atoms with E-state index in [1.54, 1.807) is 12.1 Å². The second kappa shape index (κ2) is 6.48. The van der Waals surface area contributed by atoms with Crippen LogP contribution in [0.4, 0.5) is 0 Å². The zero-order valence-corrected chi connectivity index (χ0v) is 12.3. The van der Waals surface area contributed by atoms with Crippen molar-refractivity contribution in [1.29, 1.82) is 5.26 Å². The van der Waals surface area contributed by atoms with Gasteiger partial charge < -0.3 is 9.32 Å². The number of benzene rings is 1. The molecular formula is C18H18N2O2. The van der Waals surface area contributed by atoms with Crippen molar-refractivity contribution in [1.82, 2.24) is 4.90 Å². The van der Waals surface area contributed by atoms with Crippen LogP contribution >= 0.6 is 0 Å². The molecule has 112 valence electrons. The van der Waals surface area contributed by atoms with E-state index in [0.717, 1.165) is 18.4 Å². The summed E-state index contributed by atoms with van der Waals surface area (Å²) in [7, 11) is 0. The molecular weight excluding hydrogens is 276 g/mol. The molecule has 0 radical (unpaired) electrons. The predicted molar refractivity (Wildman–Crippen MR) is 82.1 cm³/mol. The molecule has 1 aliphatic rings. The summed E-state index contributed by atoms with van der Waals surface area (Å²) in [4.78, 5) is 14.1. The van der Waals surface area contributed by atoms with Crippen LogP contribution in [0.2, 0.25) is 0 Å². The van der Waals surface area contributed by atoms with E-state index in [0.29, 0.717) is 24.8 Å². The van der Waals surface area contributed by atoms with Gasteiger partial charge in [0.1, 0.15) is 0 Å². The average Bonchev–Trinajstić information content (AvgIpc) is 3.11. The van der Waals surface area contributed by atoms with Gasteiger partial charge in [0.05, 0.1) is 18.3 Å². The highest BCUT2D eigenvalue weighted by Gasteiger charge is 2.30. The Kier molecular flexibility index (Phi) is 4.24. The van der Waals surface area contributed by atoms with E-state index < -0.39 is 0 Å². The quantitative estimate of drug-likeness (QED) is 0.871. The minimum absolute atomic E-state index is 0.0586. The molecule has 0 bridgehead atoms. The third-order valence-corrected chi connectivity index (χ3v) is 4.33. The van der Waals surface area contributed by atoms with E-state index in [-0.39, 0.29) is 11.8 Å². The molecule has 1 fully saturated rings. The molecule has 4 nitrogen and oxygen atoms in total. The Labute approximate surface area is 130 Å². The van der Waals surface area contributed by atoms with Crippen LogP contribution in [0.1, 0.15) is 34.9 Å². The topological polar surface area (TPSA) is 57.2 Å². The molecule has 1 atom stereocenters. The van der Waals surface area contributed by atoms with E-state index in [4.69, 9.17) is 4.42 Å². The lowest BCUT2D eigenvalue weighted by atomic mass is 9.81. The average molecular weight is 294 g/mol. The van der Waals surface area contributed by atoms with Gasteiger partial charge in [-0.1, -0.05) is 30.3 Å². The Morgan fingerprint density at radius 1 is 1.18 bits per heavy atom. The molecule has 3 rings (SSSR count). The molecule has 4 heteroatoms. The fourth-order valence-corrected chi connectivity index (χ4v) is 3.10. The second-order valence-corrected chi connectivity index (χ2v) is 5.62. The van der Waals surface area contributed by atoms with Gasteiger partial charge in [-0.25, -0.2) is 0 Å². The van der Waals surface area contributed by atoms with Crippen LogP contribution in [0.5, 0.6) is 0 Å². The standard InChI is InChI=1S/C18H18N2O2/c19-13-16(14-5-2-1-3-6-14)15-8-10-20(11-9-15)18(21)17-7-4-12-22-17/h1-7,12,15-16H,8-11H2/t16-/m1/s1. The van der Waals surface area contributed by atoms with Gasteiger partial charge >= 0.3 is 0 Å². The summed E-state index contributed by atoms with van der Waals surface area (Å²) in [6.45, 7) is 1.35. The van der Waals surface area contributed by atoms with Crippen LogP contribution in [0, 0.1) is 17.2 Å². The van der Waals surface area contributed by atoms with Gasteiger partial charge in [0.25, 0.3) is 5.91 Å². The van der Waals surface area contributed by atoms with Crippen LogP contribution in [0.3, 0.4) is 0 Å². The Morgan fingerprint density at radius 3 is 2.50 bits per heavy atom. The number of amides is 1. The number of piperidine rings is 1. The van der Waals surface area contributed by atoms with Gasteiger partial charge in [-0.3, -0.25) is 4.79 Å². The van der Waals surface area contributed by atoms with Gasteiger partial charge in [-0.15, -0.1) is 0 Å². The maximum absolute atomic E-state index is 12.2. The fraction of sp³-hybridized carbons (Fsp3) is 0.333. The number of nitriles is 1. The summed E-state index contributed by atoms with van der Waals surface area (Å²) in [5.41, 5.74) is 1.07. The molecule has 1 aliphatic heterocycles. The first-order valence-electron chi connectivity index (χ1n) is 7.57. The van der Waals surface area contributed by atoms with E-state index in [1.165, 1.54) is 6.26 Å². The minimum Gasteiger partial charge on any atom is -0.459 e. The molecule has 0 saturated carbocycles. The molecule has 1 saturated heterocycles. The van der Waals surface area contributed by atoms with Crippen LogP contribution in [0.25, 0.3) is 0 Å². The lowest BCUT2D eigenvalue weighted by molar-refractivity contribution is 0.0653. The molecule has 1 aromatic carbocycles. The van der Waals surface area contributed by atoms with Gasteiger partial charge in [0.15, 0.2) is 5.76 Å². The number of furan rings is 1. The van der Waals surface area contributed by atoms with Crippen molar-refractivity contribution in [3.05, 3.63) is 60.1 Å². The summed E-state index contributed by atoms with van der Waals surface area (Å²) in [5, 5.41) is 9.51. The molecule has 0 spiro atoms. The van der Waals surface area contributed by atoms with Crippen molar-refractivity contribution >= 4 is 5.91 Å². The Morgan fingerprint density at radius 2 is 1.91 bits per heavy atom. The normalized spacial score (nSPS) is 17.0. The van der Waals surface area contributed by atoms with Crippen molar-refractivity contribution in [3.8, 4) is 6.07 Å². The van der Waals surface area contributed by atoms with Gasteiger partial charge in [-0.2, -0.15) is 5.26 Å². The van der Waals surface area contributed by atoms with Crippen molar-refractivity contribution in [2.75, 3.05) is 13.1 Å². The monoisotopic (exact) mass is 294 g/mol. The highest BCUT2D eigenvalue weighted by Crippen LogP contribution is 2.32. The molecule has 1 amide bonds. The Bertz CT molecular complexity index is 650. The van der Waals surface area contributed by atoms with Crippen molar-refractivity contribution in [2.24, 2.45) is 5.92 Å². The third-order valence-electron chi connectivity index (χ3n) is 4.33. The minimum atomic E-state index is -0.0953. The molecule has 22 heavy (non-hydrogen) atoms. The van der Waals surface area contributed by atoms with Gasteiger partial charge in [0.2, 0.25) is 0 Å². The van der Waals surface area contributed by atoms with Crippen LogP contribution < -0.4 is 0 Å². The first-order valence-corrected chi connectivity index (χ1v) is 7.57. The first kappa shape index (κ1) is 14.4. The van der Waals surface area contributed by atoms with Crippen LogP contribution in [0.15, 0.2) is 53.1 Å². The highest BCUT2D eigenvalue weighted by atomic mass is 16.3. The molecule has 0 N–H and O–H groups in total. The summed E-state index contributed by atoms with van der Waals surface area (Å²) >= 11 is 0. The van der Waals surface area contributed by atoms with E-state index in [9.17, 15) is 10.1 Å². The molecule has 2 heterocycles. The second-order valence-electron chi connectivity index (χ2n) is 5.62. The molecule has 1 aromatic heterocycles. The van der Waals surface area contributed by atoms with Gasteiger partial charge in [0, 0.05) is 13.1 Å². The summed E-state index contributed by atoms with van der Waals surface area (Å²) in [6, 6.07) is 15.8. The SMILES string of the molecule is N#C[C@H](c1ccccc1)C1CCN(C(=O)c2ccco2)CC1. The largest absolute Gasteiger partial charge is 0.459 e. The number of hydrogen-bond acceptors (Lipinski definition) is 3. The summed E-state index contributed by atoms with van der Waals surface area (Å²) in [5.74, 6) is 0.533. The Hall–Kier alpha value is -2.54. The lowest BCUT2D eigenvalue weighted by Crippen LogP contribution is -2.39. The van der Waals surface area contributed by atoms with Crippen LogP contribution in [-0.4, -0.2) is 23.9 Å². The number of carbonyl (C=O) groups excluding carboxylic acids is 1. The molecule has 0 aliphatic carbocycles. The summed E-state index contributed by atoms with van der Waals surface area (Å²) < 4.78 is 5.17. The predicted octanol–water partition coefficient (Wildman–Crippen LogP) is 3.44. The zero-order valence-electron chi connectivity index (χ0n) is 12.3. The smallest absolute Gasteiger partial charge is 0.289 e. The van der Waals surface area contributed by atoms with E-state index >= 15 is 0 Å². The fourth-order valence-electron chi connectivity index (χ4n) is 3.10. The maximum Gasteiger partial charge on any atom is 0.289 e. The third kappa shape index (κ3) is 2.89. The first-order chi connectivity index (χ1) is 10.8. The number of carbonyl (C=O) groups is 1. The number of hydrogen-bond donors (Lipinski definition) is 0. The molecule has 2 aromatic rings. The van der Waals surface area contributed by atoms with Gasteiger partial charge in [-0.05, 0) is 36.5 Å². The number of rotatable bonds is 3. The van der Waals surface area contributed by atoms with Crippen molar-refractivity contribution in [3.63, 3.8) is 0 Å². The highest BCUT2D eigenvalue weighted by molar-refractivity contribution is 5.91.